The highest BCUT2D eigenvalue weighted by Gasteiger charge is 2.35. The van der Waals surface area contributed by atoms with Gasteiger partial charge in [0.2, 0.25) is 0 Å². The fourth-order valence-corrected chi connectivity index (χ4v) is 2.09. The molecule has 0 unspecified atom stereocenters. The summed E-state index contributed by atoms with van der Waals surface area (Å²) in [6.45, 7) is 11.1. The molecule has 0 aliphatic rings. The molecule has 0 radical (unpaired) electrons. The maximum Gasteiger partial charge on any atom is 0.429 e. The Kier molecular flexibility index (Phi) is 8.38. The number of amides is 2. The molecule has 1 rings (SSSR count). The molecular weight excluding hydrogens is 336 g/mol. The second-order valence-corrected chi connectivity index (χ2v) is 7.12. The van der Waals surface area contributed by atoms with Crippen molar-refractivity contribution in [1.29, 1.82) is 0 Å². The van der Waals surface area contributed by atoms with Gasteiger partial charge in [0.1, 0.15) is 0 Å². The zero-order chi connectivity index (χ0) is 19.7. The second kappa shape index (κ2) is 10.0. The van der Waals surface area contributed by atoms with Gasteiger partial charge in [-0.2, -0.15) is 0 Å². The average Bonchev–Trinajstić information content (AvgIpc) is 2.52. The van der Waals surface area contributed by atoms with Crippen LogP contribution in [0, 0.1) is 0 Å². The minimum absolute atomic E-state index is 0.192. The second-order valence-electron chi connectivity index (χ2n) is 7.12. The van der Waals surface area contributed by atoms with Gasteiger partial charge in [-0.05, 0) is 47.1 Å². The lowest BCUT2D eigenvalue weighted by Crippen LogP contribution is -2.59. The Morgan fingerprint density at radius 3 is 2.15 bits per heavy atom. The molecule has 0 spiro atoms. The lowest BCUT2D eigenvalue weighted by atomic mass is 10.1. The molecule has 0 aliphatic heterocycles. The van der Waals surface area contributed by atoms with E-state index in [2.05, 4.69) is 5.43 Å². The number of hydrazine groups is 1. The van der Waals surface area contributed by atoms with Gasteiger partial charge in [0, 0.05) is 0 Å². The van der Waals surface area contributed by atoms with Crippen LogP contribution in [0.2, 0.25) is 0 Å². The van der Waals surface area contributed by atoms with Crippen molar-refractivity contribution in [3.05, 3.63) is 35.9 Å². The lowest BCUT2D eigenvalue weighted by molar-refractivity contribution is -0.0296. The molecule has 0 aromatic heterocycles. The molecule has 0 heterocycles. The molecule has 7 nitrogen and oxygen atoms in total. The Labute approximate surface area is 155 Å². The number of nitrogens with one attached hydrogen (secondary N) is 1. The Morgan fingerprint density at radius 1 is 1.04 bits per heavy atom. The normalized spacial score (nSPS) is 11.4. The summed E-state index contributed by atoms with van der Waals surface area (Å²) >= 11 is 0. The number of hydrogen-bond acceptors (Lipinski definition) is 5. The van der Waals surface area contributed by atoms with E-state index in [1.165, 1.54) is 0 Å². The number of hydrogen-bond donors (Lipinski definition) is 1. The van der Waals surface area contributed by atoms with Gasteiger partial charge in [0.15, 0.2) is 0 Å². The summed E-state index contributed by atoms with van der Waals surface area (Å²) in [6, 6.07) is 9.70. The van der Waals surface area contributed by atoms with Crippen molar-refractivity contribution in [1.82, 2.24) is 10.4 Å². The summed E-state index contributed by atoms with van der Waals surface area (Å²) in [4.78, 5) is 24.4. The first kappa shape index (κ1) is 21.8. The number of ether oxygens (including phenoxy) is 3. The molecule has 146 valence electrons. The number of rotatable bonds is 7. The Balaban J connectivity index is 2.77. The van der Waals surface area contributed by atoms with Gasteiger partial charge in [0.05, 0.1) is 31.0 Å². The summed E-state index contributed by atoms with van der Waals surface area (Å²) < 4.78 is 16.0. The summed E-state index contributed by atoms with van der Waals surface area (Å²) in [5.74, 6) is 0. The van der Waals surface area contributed by atoms with Gasteiger partial charge in [0.25, 0.3) is 0 Å². The Morgan fingerprint density at radius 2 is 1.62 bits per heavy atom. The number of benzene rings is 1. The smallest absolute Gasteiger partial charge is 0.429 e. The van der Waals surface area contributed by atoms with Crippen molar-refractivity contribution >= 4 is 12.2 Å². The van der Waals surface area contributed by atoms with Crippen LogP contribution in [0.1, 0.15) is 47.1 Å². The topological polar surface area (TPSA) is 77.1 Å². The van der Waals surface area contributed by atoms with E-state index < -0.39 is 17.7 Å². The van der Waals surface area contributed by atoms with Crippen molar-refractivity contribution in [2.75, 3.05) is 6.61 Å². The minimum atomic E-state index is -0.850. The summed E-state index contributed by atoms with van der Waals surface area (Å²) in [5, 5.41) is 1.11. The van der Waals surface area contributed by atoms with E-state index in [1.807, 2.05) is 30.3 Å². The minimum Gasteiger partial charge on any atom is -0.446 e. The average molecular weight is 366 g/mol. The van der Waals surface area contributed by atoms with Crippen molar-refractivity contribution < 1.29 is 23.8 Å². The Hall–Kier alpha value is -2.28. The van der Waals surface area contributed by atoms with Gasteiger partial charge in [-0.3, -0.25) is 0 Å². The standard InChI is InChI=1S/C19H30N2O5/c1-14(2)25-17(22)20-21(18(23)26-15(3)4)19(5,6)13-24-12-16-10-8-7-9-11-16/h7-11,14-15H,12-13H2,1-6H3,(H,20,22). The molecule has 1 aromatic carbocycles. The summed E-state index contributed by atoms with van der Waals surface area (Å²) in [5.41, 5.74) is 2.63. The zero-order valence-electron chi connectivity index (χ0n) is 16.4. The summed E-state index contributed by atoms with van der Waals surface area (Å²) in [7, 11) is 0. The van der Waals surface area contributed by atoms with E-state index >= 15 is 0 Å². The van der Waals surface area contributed by atoms with Crippen LogP contribution in [0.4, 0.5) is 9.59 Å². The first-order valence-electron chi connectivity index (χ1n) is 8.71. The lowest BCUT2D eigenvalue weighted by Gasteiger charge is -2.37. The van der Waals surface area contributed by atoms with E-state index in [-0.39, 0.29) is 18.8 Å². The Bertz CT molecular complexity index is 573. The van der Waals surface area contributed by atoms with Crippen molar-refractivity contribution in [3.63, 3.8) is 0 Å². The molecule has 0 bridgehead atoms. The molecule has 2 amide bonds. The third-order valence-corrected chi connectivity index (χ3v) is 3.24. The molecule has 0 atom stereocenters. The van der Waals surface area contributed by atoms with Crippen molar-refractivity contribution in [2.45, 2.75) is 65.9 Å². The highest BCUT2D eigenvalue weighted by Crippen LogP contribution is 2.16. The highest BCUT2D eigenvalue weighted by atomic mass is 16.6. The van der Waals surface area contributed by atoms with Crippen LogP contribution >= 0.6 is 0 Å². The van der Waals surface area contributed by atoms with Gasteiger partial charge in [-0.15, -0.1) is 0 Å². The van der Waals surface area contributed by atoms with Crippen LogP contribution in [0.25, 0.3) is 0 Å². The first-order valence-corrected chi connectivity index (χ1v) is 8.71. The first-order chi connectivity index (χ1) is 12.1. The SMILES string of the molecule is CC(C)OC(=O)NN(C(=O)OC(C)C)C(C)(C)COCc1ccccc1. The quantitative estimate of drug-likeness (QED) is 0.741. The van der Waals surface area contributed by atoms with E-state index in [0.717, 1.165) is 10.6 Å². The summed E-state index contributed by atoms with van der Waals surface area (Å²) in [6.07, 6.45) is -2.03. The maximum atomic E-state index is 12.4. The van der Waals surface area contributed by atoms with Crippen LogP contribution in [0.15, 0.2) is 30.3 Å². The van der Waals surface area contributed by atoms with Crippen LogP contribution in [-0.4, -0.2) is 41.5 Å². The number of carbonyl (C=O) groups is 2. The molecule has 0 saturated heterocycles. The molecule has 7 heteroatoms. The molecule has 0 saturated carbocycles. The van der Waals surface area contributed by atoms with Crippen LogP contribution in [-0.2, 0) is 20.8 Å². The predicted molar refractivity (Wildman–Crippen MR) is 98.4 cm³/mol. The third-order valence-electron chi connectivity index (χ3n) is 3.24. The van der Waals surface area contributed by atoms with Crippen molar-refractivity contribution in [2.24, 2.45) is 0 Å². The van der Waals surface area contributed by atoms with Gasteiger partial charge >= 0.3 is 12.2 Å². The van der Waals surface area contributed by atoms with Crippen molar-refractivity contribution in [3.8, 4) is 0 Å². The van der Waals surface area contributed by atoms with E-state index in [1.54, 1.807) is 41.5 Å². The van der Waals surface area contributed by atoms with Crippen LogP contribution < -0.4 is 5.43 Å². The molecule has 1 aromatic rings. The van der Waals surface area contributed by atoms with Gasteiger partial charge < -0.3 is 14.2 Å². The molecule has 0 fully saturated rings. The fourth-order valence-electron chi connectivity index (χ4n) is 2.09. The van der Waals surface area contributed by atoms with E-state index in [9.17, 15) is 9.59 Å². The number of carbonyl (C=O) groups excluding carboxylic acids is 2. The molecular formula is C19H30N2O5. The van der Waals surface area contributed by atoms with Gasteiger partial charge in [-0.25, -0.2) is 20.0 Å². The monoisotopic (exact) mass is 366 g/mol. The van der Waals surface area contributed by atoms with Crippen LogP contribution in [0.5, 0.6) is 0 Å². The van der Waals surface area contributed by atoms with E-state index in [4.69, 9.17) is 14.2 Å². The molecule has 1 N–H and O–H groups in total. The van der Waals surface area contributed by atoms with E-state index in [0.29, 0.717) is 6.61 Å². The largest absolute Gasteiger partial charge is 0.446 e. The molecule has 0 aliphatic carbocycles. The fraction of sp³-hybridized carbons (Fsp3) is 0.579. The third kappa shape index (κ3) is 7.74. The highest BCUT2D eigenvalue weighted by molar-refractivity contribution is 5.74. The van der Waals surface area contributed by atoms with Gasteiger partial charge in [-0.1, -0.05) is 30.3 Å². The maximum absolute atomic E-state index is 12.4. The molecule has 26 heavy (non-hydrogen) atoms. The van der Waals surface area contributed by atoms with Crippen LogP contribution in [0.3, 0.4) is 0 Å². The zero-order valence-corrected chi connectivity index (χ0v) is 16.4. The number of nitrogens with zero attached hydrogens (tertiary/aromatic N) is 1. The predicted octanol–water partition coefficient (Wildman–Crippen LogP) is 3.88.